The maximum atomic E-state index is 12.9. The Labute approximate surface area is 202 Å². The molecule has 0 amide bonds. The smallest absolute Gasteiger partial charge is 0.229 e. The molecule has 0 unspecified atom stereocenters. The van der Waals surface area contributed by atoms with Crippen LogP contribution in [0.25, 0.3) is 22.3 Å². The maximum absolute atomic E-state index is 12.9. The van der Waals surface area contributed by atoms with Crippen LogP contribution in [0.2, 0.25) is 0 Å². The minimum atomic E-state index is -1.76. The van der Waals surface area contributed by atoms with E-state index in [1.165, 1.54) is 26.4 Å². The highest BCUT2D eigenvalue weighted by atomic mass is 16.7. The van der Waals surface area contributed by atoms with Crippen molar-refractivity contribution in [2.45, 2.75) is 30.7 Å². The number of hydrogen-bond acceptors (Lipinski definition) is 13. The lowest BCUT2D eigenvalue weighted by molar-refractivity contribution is -0.277. The van der Waals surface area contributed by atoms with Gasteiger partial charge in [0.25, 0.3) is 0 Å². The molecule has 1 aliphatic heterocycles. The lowest BCUT2D eigenvalue weighted by atomic mass is 9.99. The number of ether oxygens (including phenoxy) is 4. The first-order valence-electron chi connectivity index (χ1n) is 10.6. The van der Waals surface area contributed by atoms with Gasteiger partial charge >= 0.3 is 0 Å². The molecule has 0 bridgehead atoms. The Morgan fingerprint density at radius 1 is 0.889 bits per heavy atom. The van der Waals surface area contributed by atoms with Crippen molar-refractivity contribution in [1.29, 1.82) is 0 Å². The summed E-state index contributed by atoms with van der Waals surface area (Å²) in [6.07, 6.45) is -7.97. The van der Waals surface area contributed by atoms with E-state index < -0.39 is 54.2 Å². The first-order valence-corrected chi connectivity index (χ1v) is 10.6. The molecule has 0 aliphatic carbocycles. The zero-order chi connectivity index (χ0) is 26.3. The van der Waals surface area contributed by atoms with Crippen LogP contribution in [0.4, 0.5) is 0 Å². The van der Waals surface area contributed by atoms with Crippen LogP contribution in [0.5, 0.6) is 34.5 Å². The molecule has 1 aromatic heterocycles. The Morgan fingerprint density at radius 2 is 1.58 bits per heavy atom. The van der Waals surface area contributed by atoms with Crippen molar-refractivity contribution in [3.63, 3.8) is 0 Å². The molecule has 0 saturated carbocycles. The molecule has 5 atom stereocenters. The van der Waals surface area contributed by atoms with E-state index in [0.29, 0.717) is 0 Å². The predicted octanol–water partition coefficient (Wildman–Crippen LogP) is -0.227. The second kappa shape index (κ2) is 9.72. The van der Waals surface area contributed by atoms with E-state index in [0.717, 1.165) is 12.1 Å². The van der Waals surface area contributed by atoms with E-state index in [2.05, 4.69) is 0 Å². The number of methoxy groups -OCH3 is 2. The molecule has 13 nitrogen and oxygen atoms in total. The fraction of sp³-hybridized carbons (Fsp3) is 0.348. The molecular formula is C23H24O13. The Bertz CT molecular complexity index is 1330. The van der Waals surface area contributed by atoms with Crippen molar-refractivity contribution >= 4 is 11.0 Å². The zero-order valence-corrected chi connectivity index (χ0v) is 19.0. The third-order valence-electron chi connectivity index (χ3n) is 5.76. The van der Waals surface area contributed by atoms with Crippen molar-refractivity contribution in [1.82, 2.24) is 0 Å². The second-order valence-corrected chi connectivity index (χ2v) is 7.93. The molecule has 13 heteroatoms. The van der Waals surface area contributed by atoms with Gasteiger partial charge in [-0.1, -0.05) is 0 Å². The molecule has 2 aromatic carbocycles. The predicted molar refractivity (Wildman–Crippen MR) is 120 cm³/mol. The first-order chi connectivity index (χ1) is 17.1. The van der Waals surface area contributed by atoms with E-state index in [1.54, 1.807) is 0 Å². The Balaban J connectivity index is 1.91. The van der Waals surface area contributed by atoms with Gasteiger partial charge in [0.15, 0.2) is 28.3 Å². The molecular weight excluding hydrogens is 484 g/mol. The van der Waals surface area contributed by atoms with Gasteiger partial charge in [0, 0.05) is 12.1 Å². The van der Waals surface area contributed by atoms with Crippen LogP contribution >= 0.6 is 0 Å². The highest BCUT2D eigenvalue weighted by molar-refractivity contribution is 5.92. The van der Waals surface area contributed by atoms with Crippen LogP contribution in [0.1, 0.15) is 0 Å². The van der Waals surface area contributed by atoms with Gasteiger partial charge in [0.05, 0.1) is 20.8 Å². The van der Waals surface area contributed by atoms with Crippen LogP contribution in [0.15, 0.2) is 33.5 Å². The summed E-state index contributed by atoms with van der Waals surface area (Å²) in [6.45, 7) is -0.692. The average molecular weight is 508 g/mol. The van der Waals surface area contributed by atoms with Crippen LogP contribution in [0.3, 0.4) is 0 Å². The van der Waals surface area contributed by atoms with Gasteiger partial charge in [-0.15, -0.1) is 0 Å². The van der Waals surface area contributed by atoms with E-state index in [9.17, 15) is 40.5 Å². The Morgan fingerprint density at radius 3 is 2.22 bits per heavy atom. The standard InChI is InChI=1S/C23H24O13/c1-32-20-8(25)3-4-12(35-23-19(31)18(30)17(29)14(7-24)36-23)16(20)13-6-10(27)15-9(26)5-11(28)21(33-2)22(15)34-13/h3-6,14,17-19,23-26,28-31H,7H2,1-2H3/t14-,17+,18-,19-,23+/m1/s1. The van der Waals surface area contributed by atoms with E-state index in [4.69, 9.17) is 23.4 Å². The Kier molecular flexibility index (Phi) is 6.84. The lowest BCUT2D eigenvalue weighted by Gasteiger charge is -2.39. The van der Waals surface area contributed by atoms with Gasteiger partial charge in [-0.2, -0.15) is 0 Å². The summed E-state index contributed by atoms with van der Waals surface area (Å²) in [5, 5.41) is 70.3. The van der Waals surface area contributed by atoms with Crippen LogP contribution < -0.4 is 19.6 Å². The SMILES string of the molecule is COc1c(O)ccc(O[C@H]2O[C@H](CO)[C@H](O)[C@@H](O)[C@H]2O)c1-c1cc(=O)c2c(O)cc(O)c(OC)c2o1. The number of aliphatic hydroxyl groups is 4. The van der Waals surface area contributed by atoms with Crippen LogP contribution in [-0.4, -0.2) is 87.3 Å². The topological polar surface area (TPSA) is 209 Å². The minimum absolute atomic E-state index is 0.140. The van der Waals surface area contributed by atoms with Crippen molar-refractivity contribution in [3.05, 3.63) is 34.5 Å². The summed E-state index contributed by atoms with van der Waals surface area (Å²) in [5.41, 5.74) is -1.20. The summed E-state index contributed by atoms with van der Waals surface area (Å²) in [4.78, 5) is 12.9. The van der Waals surface area contributed by atoms with Gasteiger partial charge in [-0.3, -0.25) is 4.79 Å². The largest absolute Gasteiger partial charge is 0.507 e. The number of benzene rings is 2. The third kappa shape index (κ3) is 4.12. The maximum Gasteiger partial charge on any atom is 0.229 e. The highest BCUT2D eigenvalue weighted by Crippen LogP contribution is 2.47. The summed E-state index contributed by atoms with van der Waals surface area (Å²) in [6, 6.07) is 4.30. The molecule has 4 rings (SSSR count). The number of rotatable bonds is 6. The van der Waals surface area contributed by atoms with Crippen molar-refractivity contribution in [2.75, 3.05) is 20.8 Å². The normalized spacial score (nSPS) is 24.0. The fourth-order valence-corrected chi connectivity index (χ4v) is 3.98. The van der Waals surface area contributed by atoms with Crippen molar-refractivity contribution < 1.29 is 59.1 Å². The lowest BCUT2D eigenvalue weighted by Crippen LogP contribution is -2.60. The number of phenols is 3. The molecule has 0 spiro atoms. The molecule has 1 aliphatic rings. The minimum Gasteiger partial charge on any atom is -0.507 e. The fourth-order valence-electron chi connectivity index (χ4n) is 3.98. The van der Waals surface area contributed by atoms with E-state index in [-0.39, 0.29) is 45.3 Å². The quantitative estimate of drug-likeness (QED) is 0.230. The van der Waals surface area contributed by atoms with E-state index in [1.807, 2.05) is 0 Å². The molecule has 7 N–H and O–H groups in total. The number of phenolic OH excluding ortho intramolecular Hbond substituents is 3. The molecule has 2 heterocycles. The monoisotopic (exact) mass is 508 g/mol. The summed E-state index contributed by atoms with van der Waals surface area (Å²) in [5.74, 6) is -2.36. The molecule has 1 fully saturated rings. The summed E-state index contributed by atoms with van der Waals surface area (Å²) < 4.78 is 27.3. The average Bonchev–Trinajstić information content (AvgIpc) is 2.84. The summed E-state index contributed by atoms with van der Waals surface area (Å²) >= 11 is 0. The molecule has 3 aromatic rings. The van der Waals surface area contributed by atoms with Crippen LogP contribution in [-0.2, 0) is 4.74 Å². The second-order valence-electron chi connectivity index (χ2n) is 7.93. The van der Waals surface area contributed by atoms with Crippen LogP contribution in [0, 0.1) is 0 Å². The number of fused-ring (bicyclic) bond motifs is 1. The molecule has 194 valence electrons. The van der Waals surface area contributed by atoms with Gasteiger partial charge in [0.2, 0.25) is 12.0 Å². The van der Waals surface area contributed by atoms with Gasteiger partial charge in [0.1, 0.15) is 52.6 Å². The zero-order valence-electron chi connectivity index (χ0n) is 19.0. The molecule has 36 heavy (non-hydrogen) atoms. The van der Waals surface area contributed by atoms with Crippen molar-refractivity contribution in [2.24, 2.45) is 0 Å². The van der Waals surface area contributed by atoms with Gasteiger partial charge < -0.3 is 59.1 Å². The van der Waals surface area contributed by atoms with Gasteiger partial charge in [-0.05, 0) is 12.1 Å². The highest BCUT2D eigenvalue weighted by Gasteiger charge is 2.45. The number of hydrogen-bond donors (Lipinski definition) is 7. The summed E-state index contributed by atoms with van der Waals surface area (Å²) in [7, 11) is 2.42. The molecule has 1 saturated heterocycles. The number of aliphatic hydroxyl groups excluding tert-OH is 4. The first kappa shape index (κ1) is 25.3. The Hall–Kier alpha value is -3.75. The molecule has 0 radical (unpaired) electrons. The van der Waals surface area contributed by atoms with E-state index >= 15 is 0 Å². The van der Waals surface area contributed by atoms with Gasteiger partial charge in [-0.25, -0.2) is 0 Å². The number of aromatic hydroxyl groups is 3. The third-order valence-corrected chi connectivity index (χ3v) is 5.76. The van der Waals surface area contributed by atoms with Crippen molar-refractivity contribution in [3.8, 4) is 45.8 Å².